The topological polar surface area (TPSA) is 86.6 Å². The monoisotopic (exact) mass is 282 g/mol. The molecule has 1 aromatic heterocycles. The van der Waals surface area contributed by atoms with Gasteiger partial charge in [0.1, 0.15) is 6.54 Å². The summed E-state index contributed by atoms with van der Waals surface area (Å²) in [6.07, 6.45) is 1.27. The van der Waals surface area contributed by atoms with Crippen LogP contribution in [0, 0.1) is 0 Å². The van der Waals surface area contributed by atoms with Gasteiger partial charge in [-0.15, -0.1) is 0 Å². The highest BCUT2D eigenvalue weighted by atomic mass is 16.6. The van der Waals surface area contributed by atoms with Gasteiger partial charge in [-0.3, -0.25) is 9.59 Å². The number of hydrogen-bond donors (Lipinski definition) is 1. The van der Waals surface area contributed by atoms with E-state index in [1.54, 1.807) is 24.7 Å². The van der Waals surface area contributed by atoms with Crippen molar-refractivity contribution in [3.8, 4) is 5.75 Å². The minimum atomic E-state index is -0.865. The number of aromatic nitrogens is 1. The van der Waals surface area contributed by atoms with Crippen LogP contribution in [0.2, 0.25) is 0 Å². The second-order valence-corrected chi connectivity index (χ2v) is 3.97. The Bertz CT molecular complexity index is 550. The fraction of sp³-hybridized carbons (Fsp3) is 0.462. The van der Waals surface area contributed by atoms with Crippen LogP contribution in [0.15, 0.2) is 17.1 Å². The van der Waals surface area contributed by atoms with Crippen molar-refractivity contribution in [3.63, 3.8) is 0 Å². The molecule has 0 radical (unpaired) electrons. The van der Waals surface area contributed by atoms with Crippen molar-refractivity contribution in [2.24, 2.45) is 7.05 Å². The number of carbonyl (C=O) groups excluding carboxylic acids is 2. The smallest absolute Gasteiger partial charge is 0.413 e. The summed E-state index contributed by atoms with van der Waals surface area (Å²) in [6, 6.07) is 1.31. The van der Waals surface area contributed by atoms with E-state index in [0.29, 0.717) is 12.1 Å². The number of pyridine rings is 1. The number of amides is 1. The standard InChI is InChI=1S/C13H18N2O5/c1-4-9-12(10(16)6-7-15(9)3)20-13(18)14-8-11(17)19-5-2/h6-7H,4-5,8H2,1-3H3,(H,14,18). The first-order chi connectivity index (χ1) is 9.49. The first kappa shape index (κ1) is 15.7. The number of carbonyl (C=O) groups is 2. The van der Waals surface area contributed by atoms with E-state index in [4.69, 9.17) is 4.74 Å². The van der Waals surface area contributed by atoms with Crippen LogP contribution in [0.5, 0.6) is 5.75 Å². The van der Waals surface area contributed by atoms with Crippen LogP contribution in [0.4, 0.5) is 4.79 Å². The maximum atomic E-state index is 11.7. The van der Waals surface area contributed by atoms with E-state index in [1.165, 1.54) is 6.07 Å². The lowest BCUT2D eigenvalue weighted by molar-refractivity contribution is -0.141. The number of nitrogens with zero attached hydrogens (tertiary/aromatic N) is 1. The van der Waals surface area contributed by atoms with Gasteiger partial charge in [0.25, 0.3) is 0 Å². The summed E-state index contributed by atoms with van der Waals surface area (Å²) in [4.78, 5) is 34.4. The fourth-order valence-electron chi connectivity index (χ4n) is 1.65. The Labute approximate surface area is 116 Å². The molecule has 0 aromatic carbocycles. The third kappa shape index (κ3) is 4.11. The van der Waals surface area contributed by atoms with Gasteiger partial charge in [-0.25, -0.2) is 4.79 Å². The van der Waals surface area contributed by atoms with Crippen LogP contribution >= 0.6 is 0 Å². The van der Waals surface area contributed by atoms with E-state index >= 15 is 0 Å². The number of esters is 1. The summed E-state index contributed by atoms with van der Waals surface area (Å²) >= 11 is 0. The van der Waals surface area contributed by atoms with Gasteiger partial charge in [-0.2, -0.15) is 0 Å². The third-order valence-electron chi connectivity index (χ3n) is 2.57. The highest BCUT2D eigenvalue weighted by Crippen LogP contribution is 2.12. The van der Waals surface area contributed by atoms with Gasteiger partial charge in [0, 0.05) is 19.3 Å². The molecule has 0 fully saturated rings. The number of nitrogens with one attached hydrogen (secondary N) is 1. The molecule has 0 bridgehead atoms. The maximum absolute atomic E-state index is 11.7. The van der Waals surface area contributed by atoms with Crippen LogP contribution in [0.3, 0.4) is 0 Å². The van der Waals surface area contributed by atoms with E-state index < -0.39 is 12.1 Å². The molecule has 0 atom stereocenters. The number of hydrogen-bond acceptors (Lipinski definition) is 5. The molecule has 7 heteroatoms. The van der Waals surface area contributed by atoms with E-state index in [1.807, 2.05) is 6.92 Å². The lowest BCUT2D eigenvalue weighted by Gasteiger charge is -2.12. The molecule has 0 unspecified atom stereocenters. The summed E-state index contributed by atoms with van der Waals surface area (Å²) < 4.78 is 11.3. The maximum Gasteiger partial charge on any atom is 0.413 e. The van der Waals surface area contributed by atoms with E-state index in [-0.39, 0.29) is 24.3 Å². The highest BCUT2D eigenvalue weighted by Gasteiger charge is 2.14. The molecule has 0 saturated heterocycles. The van der Waals surface area contributed by atoms with Crippen molar-refractivity contribution in [2.45, 2.75) is 20.3 Å². The summed E-state index contributed by atoms with van der Waals surface area (Å²) in [5.41, 5.74) is 0.218. The normalized spacial score (nSPS) is 9.95. The second kappa shape index (κ2) is 7.32. The third-order valence-corrected chi connectivity index (χ3v) is 2.57. The minimum absolute atomic E-state index is 0.0288. The lowest BCUT2D eigenvalue weighted by atomic mass is 10.2. The van der Waals surface area contributed by atoms with Crippen molar-refractivity contribution in [2.75, 3.05) is 13.2 Å². The zero-order chi connectivity index (χ0) is 15.1. The summed E-state index contributed by atoms with van der Waals surface area (Å²) in [5, 5.41) is 2.23. The average Bonchev–Trinajstić information content (AvgIpc) is 2.41. The van der Waals surface area contributed by atoms with Gasteiger partial charge in [-0.1, -0.05) is 6.92 Å². The van der Waals surface area contributed by atoms with Gasteiger partial charge in [0.15, 0.2) is 5.75 Å². The Hall–Kier alpha value is -2.31. The number of aryl methyl sites for hydroxylation is 1. The van der Waals surface area contributed by atoms with Gasteiger partial charge in [0.2, 0.25) is 5.43 Å². The van der Waals surface area contributed by atoms with Crippen molar-refractivity contribution < 1.29 is 19.1 Å². The summed E-state index contributed by atoms with van der Waals surface area (Å²) in [5.74, 6) is -0.597. The molecule has 110 valence electrons. The Balaban J connectivity index is 2.74. The van der Waals surface area contributed by atoms with Gasteiger partial charge in [-0.05, 0) is 13.3 Å². The van der Waals surface area contributed by atoms with Crippen LogP contribution in [-0.2, 0) is 23.0 Å². The molecular weight excluding hydrogens is 264 g/mol. The van der Waals surface area contributed by atoms with Crippen LogP contribution in [0.25, 0.3) is 0 Å². The van der Waals surface area contributed by atoms with Crippen molar-refractivity contribution in [1.29, 1.82) is 0 Å². The zero-order valence-electron chi connectivity index (χ0n) is 11.8. The summed E-state index contributed by atoms with van der Waals surface area (Å²) in [7, 11) is 1.75. The van der Waals surface area contributed by atoms with Crippen LogP contribution < -0.4 is 15.5 Å². The molecular formula is C13H18N2O5. The lowest BCUT2D eigenvalue weighted by Crippen LogP contribution is -2.34. The molecule has 1 amide bonds. The van der Waals surface area contributed by atoms with E-state index in [0.717, 1.165) is 0 Å². The molecule has 7 nitrogen and oxygen atoms in total. The molecule has 0 aliphatic carbocycles. The zero-order valence-corrected chi connectivity index (χ0v) is 11.8. The van der Waals surface area contributed by atoms with Crippen molar-refractivity contribution >= 4 is 12.1 Å². The molecule has 1 rings (SSSR count). The fourth-order valence-corrected chi connectivity index (χ4v) is 1.65. The molecule has 20 heavy (non-hydrogen) atoms. The SMILES string of the molecule is CCOC(=O)CNC(=O)Oc1c(CC)n(C)ccc1=O. The van der Waals surface area contributed by atoms with Crippen molar-refractivity contribution in [1.82, 2.24) is 9.88 Å². The van der Waals surface area contributed by atoms with E-state index in [9.17, 15) is 14.4 Å². The van der Waals surface area contributed by atoms with Crippen molar-refractivity contribution in [3.05, 3.63) is 28.2 Å². The predicted molar refractivity (Wildman–Crippen MR) is 71.7 cm³/mol. The first-order valence-electron chi connectivity index (χ1n) is 6.29. The first-order valence-corrected chi connectivity index (χ1v) is 6.29. The molecule has 1 N–H and O–H groups in total. The molecule has 1 heterocycles. The average molecular weight is 282 g/mol. The Morgan fingerprint density at radius 3 is 2.65 bits per heavy atom. The molecule has 0 aliphatic heterocycles. The van der Waals surface area contributed by atoms with Crippen LogP contribution in [0.1, 0.15) is 19.5 Å². The predicted octanol–water partition coefficient (Wildman–Crippen LogP) is 0.599. The molecule has 0 spiro atoms. The Morgan fingerprint density at radius 1 is 1.35 bits per heavy atom. The van der Waals surface area contributed by atoms with Crippen LogP contribution in [-0.4, -0.2) is 29.8 Å². The minimum Gasteiger partial charge on any atom is -0.465 e. The summed E-state index contributed by atoms with van der Waals surface area (Å²) in [6.45, 7) is 3.44. The molecule has 0 saturated carbocycles. The number of ether oxygens (including phenoxy) is 2. The largest absolute Gasteiger partial charge is 0.465 e. The highest BCUT2D eigenvalue weighted by molar-refractivity contribution is 5.78. The Kier molecular flexibility index (Phi) is 5.76. The van der Waals surface area contributed by atoms with Gasteiger partial charge >= 0.3 is 12.1 Å². The molecule has 0 aliphatic rings. The van der Waals surface area contributed by atoms with Gasteiger partial charge in [0.05, 0.1) is 12.3 Å². The van der Waals surface area contributed by atoms with Gasteiger partial charge < -0.3 is 19.4 Å². The quantitative estimate of drug-likeness (QED) is 0.799. The Morgan fingerprint density at radius 2 is 2.05 bits per heavy atom. The molecule has 1 aromatic rings. The number of rotatable bonds is 5. The second-order valence-electron chi connectivity index (χ2n) is 3.97. The van der Waals surface area contributed by atoms with E-state index in [2.05, 4.69) is 10.1 Å².